The van der Waals surface area contributed by atoms with Crippen molar-refractivity contribution < 1.29 is 0 Å². The van der Waals surface area contributed by atoms with E-state index in [1.165, 1.54) is 22.4 Å². The van der Waals surface area contributed by atoms with Crippen LogP contribution >= 0.6 is 0 Å². The molecule has 0 spiro atoms. The van der Waals surface area contributed by atoms with Crippen molar-refractivity contribution >= 4 is 29.1 Å². The summed E-state index contributed by atoms with van der Waals surface area (Å²) in [5, 5.41) is 3.58. The zero-order valence-electron chi connectivity index (χ0n) is 15.9. The molecular formula is C21H28N4. The number of aryl methyl sites for hydroxylation is 2. The number of benzene rings is 2. The average Bonchev–Trinajstić information content (AvgIpc) is 2.97. The summed E-state index contributed by atoms with van der Waals surface area (Å²) < 4.78 is 0. The number of rotatable bonds is 5. The van der Waals surface area contributed by atoms with Gasteiger partial charge in [0.15, 0.2) is 0 Å². The molecular weight excluding hydrogens is 308 g/mol. The second-order valence-electron chi connectivity index (χ2n) is 6.91. The highest BCUT2D eigenvalue weighted by atomic mass is 15.1. The molecule has 0 atom stereocenters. The van der Waals surface area contributed by atoms with Crippen LogP contribution in [0.5, 0.6) is 0 Å². The minimum atomic E-state index is 0.953. The van der Waals surface area contributed by atoms with Gasteiger partial charge in [-0.3, -0.25) is 0 Å². The predicted molar refractivity (Wildman–Crippen MR) is 109 cm³/mol. The molecule has 0 saturated carbocycles. The number of nitrogens with one attached hydrogen (secondary N) is 1. The first-order valence-corrected chi connectivity index (χ1v) is 8.94. The van der Waals surface area contributed by atoms with E-state index in [2.05, 4.69) is 78.3 Å². The minimum absolute atomic E-state index is 0.953. The maximum Gasteiger partial charge on any atom is 0.0909 e. The van der Waals surface area contributed by atoms with E-state index >= 15 is 0 Å². The van der Waals surface area contributed by atoms with Crippen molar-refractivity contribution in [1.29, 1.82) is 0 Å². The minimum Gasteiger partial charge on any atom is -0.374 e. The average molecular weight is 336 g/mol. The van der Waals surface area contributed by atoms with Crippen LogP contribution in [0, 0.1) is 13.8 Å². The van der Waals surface area contributed by atoms with Gasteiger partial charge in [-0.25, -0.2) is 4.99 Å². The fraction of sp³-hybridized carbons (Fsp3) is 0.381. The number of nitrogens with zero attached hydrogens (tertiary/aromatic N) is 3. The Balaban J connectivity index is 1.82. The van der Waals surface area contributed by atoms with Crippen molar-refractivity contribution in [2.75, 3.05) is 37.4 Å². The second-order valence-corrected chi connectivity index (χ2v) is 6.91. The molecule has 2 aromatic carbocycles. The van der Waals surface area contributed by atoms with Gasteiger partial charge in [0.25, 0.3) is 0 Å². The highest BCUT2D eigenvalue weighted by Crippen LogP contribution is 2.32. The van der Waals surface area contributed by atoms with Crippen LogP contribution in [-0.4, -0.2) is 38.4 Å². The lowest BCUT2D eigenvalue weighted by Crippen LogP contribution is -2.14. The molecule has 4 heteroatoms. The first-order valence-electron chi connectivity index (χ1n) is 8.94. The van der Waals surface area contributed by atoms with Gasteiger partial charge in [-0.2, -0.15) is 0 Å². The summed E-state index contributed by atoms with van der Waals surface area (Å²) in [6.45, 7) is 8.42. The normalized spacial score (nSPS) is 13.4. The van der Waals surface area contributed by atoms with Gasteiger partial charge in [0.1, 0.15) is 0 Å². The van der Waals surface area contributed by atoms with E-state index in [0.29, 0.717) is 0 Å². The van der Waals surface area contributed by atoms with Gasteiger partial charge in [0.2, 0.25) is 0 Å². The molecule has 25 heavy (non-hydrogen) atoms. The second kappa shape index (κ2) is 7.18. The van der Waals surface area contributed by atoms with Gasteiger partial charge < -0.3 is 15.1 Å². The smallest absolute Gasteiger partial charge is 0.0909 e. The van der Waals surface area contributed by atoms with Crippen LogP contribution in [0.25, 0.3) is 0 Å². The summed E-state index contributed by atoms with van der Waals surface area (Å²) in [5.74, 6) is 0. The fourth-order valence-electron chi connectivity index (χ4n) is 3.12. The van der Waals surface area contributed by atoms with E-state index in [0.717, 1.165) is 36.6 Å². The van der Waals surface area contributed by atoms with Crippen LogP contribution in [-0.2, 0) is 6.42 Å². The zero-order valence-corrected chi connectivity index (χ0v) is 15.9. The Morgan fingerprint density at radius 3 is 2.76 bits per heavy atom. The Bertz CT molecular complexity index is 795. The summed E-state index contributed by atoms with van der Waals surface area (Å²) in [6.07, 6.45) is 3.02. The Labute approximate surface area is 151 Å². The molecule has 3 rings (SSSR count). The molecule has 1 aliphatic heterocycles. The van der Waals surface area contributed by atoms with Crippen LogP contribution in [0.4, 0.5) is 22.7 Å². The van der Waals surface area contributed by atoms with Crippen molar-refractivity contribution in [2.45, 2.75) is 27.2 Å². The third-order valence-electron chi connectivity index (χ3n) is 4.92. The molecule has 0 amide bonds. The molecule has 4 nitrogen and oxygen atoms in total. The third-order valence-corrected chi connectivity index (χ3v) is 4.92. The molecule has 1 aliphatic rings. The summed E-state index contributed by atoms with van der Waals surface area (Å²) in [5.41, 5.74) is 8.47. The fourth-order valence-corrected chi connectivity index (χ4v) is 3.12. The molecule has 0 saturated heterocycles. The highest BCUT2D eigenvalue weighted by molar-refractivity contribution is 5.72. The SMILES string of the molecule is CCN(C)C=Nc1cc(C)c(Nc2ccc3c(c2)CCN3C)cc1C. The number of likely N-dealkylation sites (N-methyl/N-ethyl adjacent to an activating group) is 1. The van der Waals surface area contributed by atoms with Crippen molar-refractivity contribution in [3.05, 3.63) is 47.0 Å². The molecule has 1 heterocycles. The number of fused-ring (bicyclic) bond motifs is 1. The van der Waals surface area contributed by atoms with Gasteiger partial charge in [-0.15, -0.1) is 0 Å². The molecule has 1 N–H and O–H groups in total. The Morgan fingerprint density at radius 2 is 2.00 bits per heavy atom. The van der Waals surface area contributed by atoms with Gasteiger partial charge in [0.05, 0.1) is 12.0 Å². The standard InChI is InChI=1S/C21H28N4/c1-6-24(4)14-22-19-11-16(3)20(12-15(19)2)23-18-7-8-21-17(13-18)9-10-25(21)5/h7-8,11-14,23H,6,9-10H2,1-5H3. The van der Waals surface area contributed by atoms with Gasteiger partial charge in [-0.1, -0.05) is 0 Å². The molecule has 0 aliphatic carbocycles. The summed E-state index contributed by atoms with van der Waals surface area (Å²) in [6, 6.07) is 11.0. The summed E-state index contributed by atoms with van der Waals surface area (Å²) in [7, 11) is 4.19. The van der Waals surface area contributed by atoms with E-state index in [-0.39, 0.29) is 0 Å². The Morgan fingerprint density at radius 1 is 1.20 bits per heavy atom. The molecule has 0 bridgehead atoms. The predicted octanol–water partition coefficient (Wildman–Crippen LogP) is 4.65. The van der Waals surface area contributed by atoms with Crippen molar-refractivity contribution in [1.82, 2.24) is 4.90 Å². The van der Waals surface area contributed by atoms with Gasteiger partial charge in [0, 0.05) is 44.2 Å². The summed E-state index contributed by atoms with van der Waals surface area (Å²) in [4.78, 5) is 8.99. The zero-order chi connectivity index (χ0) is 18.0. The molecule has 0 unspecified atom stereocenters. The lowest BCUT2D eigenvalue weighted by molar-refractivity contribution is 0.552. The van der Waals surface area contributed by atoms with Crippen LogP contribution in [0.1, 0.15) is 23.6 Å². The number of aliphatic imine (C=N–C) groups is 1. The topological polar surface area (TPSA) is 30.9 Å². The van der Waals surface area contributed by atoms with Crippen molar-refractivity contribution in [3.63, 3.8) is 0 Å². The van der Waals surface area contributed by atoms with E-state index in [1.807, 2.05) is 13.4 Å². The quantitative estimate of drug-likeness (QED) is 0.637. The Hall–Kier alpha value is -2.49. The molecule has 0 aromatic heterocycles. The first kappa shape index (κ1) is 17.3. The van der Waals surface area contributed by atoms with E-state index < -0.39 is 0 Å². The van der Waals surface area contributed by atoms with Gasteiger partial charge >= 0.3 is 0 Å². The van der Waals surface area contributed by atoms with Crippen LogP contribution in [0.2, 0.25) is 0 Å². The number of hydrogen-bond acceptors (Lipinski definition) is 3. The Kier molecular flexibility index (Phi) is 4.98. The van der Waals surface area contributed by atoms with Crippen LogP contribution in [0.15, 0.2) is 35.3 Å². The van der Waals surface area contributed by atoms with E-state index in [9.17, 15) is 0 Å². The van der Waals surface area contributed by atoms with Gasteiger partial charge in [-0.05, 0) is 74.2 Å². The third kappa shape index (κ3) is 3.78. The van der Waals surface area contributed by atoms with Crippen molar-refractivity contribution in [3.8, 4) is 0 Å². The maximum atomic E-state index is 4.61. The van der Waals surface area contributed by atoms with Crippen molar-refractivity contribution in [2.24, 2.45) is 4.99 Å². The molecule has 132 valence electrons. The number of hydrogen-bond donors (Lipinski definition) is 1. The molecule has 2 aromatic rings. The lowest BCUT2D eigenvalue weighted by atomic mass is 10.1. The van der Waals surface area contributed by atoms with Crippen LogP contribution in [0.3, 0.4) is 0 Å². The maximum absolute atomic E-state index is 4.61. The summed E-state index contributed by atoms with van der Waals surface area (Å²) >= 11 is 0. The number of anilines is 3. The first-order chi connectivity index (χ1) is 12.0. The van der Waals surface area contributed by atoms with E-state index in [1.54, 1.807) is 0 Å². The monoisotopic (exact) mass is 336 g/mol. The molecule has 0 fully saturated rings. The highest BCUT2D eigenvalue weighted by Gasteiger charge is 2.15. The van der Waals surface area contributed by atoms with Crippen LogP contribution < -0.4 is 10.2 Å². The van der Waals surface area contributed by atoms with E-state index in [4.69, 9.17) is 0 Å². The lowest BCUT2D eigenvalue weighted by Gasteiger charge is -2.15. The molecule has 0 radical (unpaired) electrons. The largest absolute Gasteiger partial charge is 0.374 e.